The predicted octanol–water partition coefficient (Wildman–Crippen LogP) is 5.78. The van der Waals surface area contributed by atoms with Gasteiger partial charge in [0.1, 0.15) is 5.58 Å². The van der Waals surface area contributed by atoms with Gasteiger partial charge in [-0.2, -0.15) is 0 Å². The highest BCUT2D eigenvalue weighted by Gasteiger charge is 2.22. The van der Waals surface area contributed by atoms with Gasteiger partial charge in [-0.1, -0.05) is 29.8 Å². The first-order chi connectivity index (χ1) is 15.5. The Morgan fingerprint density at radius 1 is 1.06 bits per heavy atom. The summed E-state index contributed by atoms with van der Waals surface area (Å²) < 4.78 is 24.6. The molecule has 0 unspecified atom stereocenters. The molecule has 4 rings (SSSR count). The number of ether oxygens (including phenoxy) is 1. The number of carbonyl (C=O) groups excluding carboxylic acids is 2. The number of nitrogens with one attached hydrogen (secondary N) is 2. The van der Waals surface area contributed by atoms with Crippen LogP contribution in [0.5, 0.6) is 5.75 Å². The number of para-hydroxylation sites is 1. The first-order valence-corrected chi connectivity index (χ1v) is 10.0. The Morgan fingerprint density at radius 3 is 2.62 bits per heavy atom. The lowest BCUT2D eigenvalue weighted by atomic mass is 10.1. The van der Waals surface area contributed by atoms with Crippen LogP contribution in [0.3, 0.4) is 0 Å². The molecular weight excluding hydrogens is 435 g/mol. The minimum atomic E-state index is -0.631. The number of methoxy groups -OCH3 is 1. The Balaban J connectivity index is 1.59. The fourth-order valence-corrected chi connectivity index (χ4v) is 3.44. The van der Waals surface area contributed by atoms with Gasteiger partial charge >= 0.3 is 0 Å². The molecule has 6 nitrogen and oxygen atoms in total. The molecule has 8 heteroatoms. The van der Waals surface area contributed by atoms with Crippen LogP contribution in [0, 0.1) is 5.82 Å². The number of hydrogen-bond donors (Lipinski definition) is 2. The monoisotopic (exact) mass is 452 g/mol. The number of rotatable bonds is 7. The summed E-state index contributed by atoms with van der Waals surface area (Å²) in [4.78, 5) is 25.5. The van der Waals surface area contributed by atoms with Gasteiger partial charge in [0.05, 0.1) is 19.3 Å². The highest BCUT2D eigenvalue weighted by molar-refractivity contribution is 6.31. The fourth-order valence-electron chi connectivity index (χ4n) is 3.25. The largest absolute Gasteiger partial charge is 0.494 e. The van der Waals surface area contributed by atoms with Crippen molar-refractivity contribution in [2.45, 2.75) is 0 Å². The molecule has 0 spiro atoms. The van der Waals surface area contributed by atoms with Gasteiger partial charge in [-0.05, 0) is 48.5 Å². The number of hydrogen-bond acceptors (Lipinski definition) is 5. The van der Waals surface area contributed by atoms with Crippen molar-refractivity contribution in [1.29, 1.82) is 0 Å². The molecule has 0 aliphatic rings. The van der Waals surface area contributed by atoms with E-state index < -0.39 is 11.7 Å². The zero-order chi connectivity index (χ0) is 22.7. The third-order valence-corrected chi connectivity index (χ3v) is 5.02. The van der Waals surface area contributed by atoms with E-state index in [-0.39, 0.29) is 29.4 Å². The lowest BCUT2D eigenvalue weighted by Crippen LogP contribution is -2.18. The van der Waals surface area contributed by atoms with E-state index in [0.717, 1.165) is 6.07 Å². The smallest absolute Gasteiger partial charge is 0.293 e. The molecule has 32 heavy (non-hydrogen) atoms. The van der Waals surface area contributed by atoms with Gasteiger partial charge in [-0.3, -0.25) is 9.59 Å². The number of Topliss-reactive ketones (excluding diaryl/α,β-unsaturated/α-hetero) is 1. The molecule has 0 fully saturated rings. The van der Waals surface area contributed by atoms with Crippen LogP contribution >= 0.6 is 11.6 Å². The van der Waals surface area contributed by atoms with Gasteiger partial charge in [0.2, 0.25) is 5.76 Å². The number of ketones is 1. The lowest BCUT2D eigenvalue weighted by molar-refractivity contribution is 0.0990. The van der Waals surface area contributed by atoms with Crippen molar-refractivity contribution >= 4 is 45.6 Å². The SMILES string of the molecule is COc1ccc(C(=O)CNc2c(C(=O)Nc3cccc(Cl)c3)oc3ccccc23)cc1F. The van der Waals surface area contributed by atoms with Gasteiger partial charge in [0.15, 0.2) is 17.3 Å². The zero-order valence-corrected chi connectivity index (χ0v) is 17.7. The van der Waals surface area contributed by atoms with Gasteiger partial charge in [0.25, 0.3) is 5.91 Å². The molecule has 4 aromatic rings. The van der Waals surface area contributed by atoms with Crippen LogP contribution in [0.4, 0.5) is 15.8 Å². The average Bonchev–Trinajstić information content (AvgIpc) is 3.16. The zero-order valence-electron chi connectivity index (χ0n) is 16.9. The average molecular weight is 453 g/mol. The van der Waals surface area contributed by atoms with Crippen molar-refractivity contribution in [1.82, 2.24) is 0 Å². The molecule has 1 amide bonds. The Kier molecular flexibility index (Phi) is 6.09. The van der Waals surface area contributed by atoms with E-state index in [0.29, 0.717) is 27.4 Å². The number of furan rings is 1. The van der Waals surface area contributed by atoms with Crippen LogP contribution in [-0.2, 0) is 0 Å². The Hall–Kier alpha value is -3.84. The second kappa shape index (κ2) is 9.11. The summed E-state index contributed by atoms with van der Waals surface area (Å²) in [5, 5.41) is 6.82. The van der Waals surface area contributed by atoms with Crippen molar-refractivity contribution in [3.05, 3.63) is 88.9 Å². The van der Waals surface area contributed by atoms with E-state index in [9.17, 15) is 14.0 Å². The number of halogens is 2. The molecule has 0 aliphatic heterocycles. The number of benzene rings is 3. The van der Waals surface area contributed by atoms with E-state index in [1.54, 1.807) is 48.5 Å². The van der Waals surface area contributed by atoms with Gasteiger partial charge in [-0.15, -0.1) is 0 Å². The molecule has 0 saturated heterocycles. The minimum Gasteiger partial charge on any atom is -0.494 e. The number of carbonyl (C=O) groups is 2. The lowest BCUT2D eigenvalue weighted by Gasteiger charge is -2.09. The van der Waals surface area contributed by atoms with Crippen molar-refractivity contribution < 1.29 is 23.1 Å². The Morgan fingerprint density at radius 2 is 1.88 bits per heavy atom. The molecule has 1 aromatic heterocycles. The molecule has 0 aliphatic carbocycles. The summed E-state index contributed by atoms with van der Waals surface area (Å²) in [7, 11) is 1.35. The van der Waals surface area contributed by atoms with Crippen LogP contribution in [-0.4, -0.2) is 25.3 Å². The van der Waals surface area contributed by atoms with E-state index in [2.05, 4.69) is 10.6 Å². The molecular formula is C24H18ClFN2O4. The quantitative estimate of drug-likeness (QED) is 0.347. The maximum atomic E-state index is 14.0. The topological polar surface area (TPSA) is 80.6 Å². The van der Waals surface area contributed by atoms with Crippen molar-refractivity contribution in [3.63, 3.8) is 0 Å². The highest BCUT2D eigenvalue weighted by Crippen LogP contribution is 2.32. The van der Waals surface area contributed by atoms with Crippen LogP contribution in [0.25, 0.3) is 11.0 Å². The van der Waals surface area contributed by atoms with Crippen LogP contribution < -0.4 is 15.4 Å². The van der Waals surface area contributed by atoms with Crippen molar-refractivity contribution in [2.24, 2.45) is 0 Å². The number of anilines is 2. The molecule has 2 N–H and O–H groups in total. The second-order valence-corrected chi connectivity index (χ2v) is 7.33. The molecule has 3 aromatic carbocycles. The van der Waals surface area contributed by atoms with Gasteiger partial charge in [0, 0.05) is 21.7 Å². The number of fused-ring (bicyclic) bond motifs is 1. The van der Waals surface area contributed by atoms with E-state index in [4.69, 9.17) is 20.8 Å². The standard InChI is InChI=1S/C24H18ClFN2O4/c1-31-21-10-9-14(11-18(21)26)19(29)13-27-22-17-7-2-3-8-20(17)32-23(22)24(30)28-16-6-4-5-15(25)12-16/h2-12,27H,13H2,1H3,(H,28,30). The van der Waals surface area contributed by atoms with E-state index >= 15 is 0 Å². The summed E-state index contributed by atoms with van der Waals surface area (Å²) in [6, 6.07) is 17.8. The third kappa shape index (κ3) is 4.43. The summed E-state index contributed by atoms with van der Waals surface area (Å²) in [5.74, 6) is -1.43. The Labute approximate surface area is 187 Å². The first kappa shape index (κ1) is 21.4. The number of amides is 1. The van der Waals surface area contributed by atoms with Crippen LogP contribution in [0.1, 0.15) is 20.9 Å². The van der Waals surface area contributed by atoms with Crippen molar-refractivity contribution in [3.8, 4) is 5.75 Å². The molecule has 162 valence electrons. The minimum absolute atomic E-state index is 0.0138. The molecule has 1 heterocycles. The molecule has 0 bridgehead atoms. The Bertz CT molecular complexity index is 1320. The normalized spacial score (nSPS) is 10.7. The highest BCUT2D eigenvalue weighted by atomic mass is 35.5. The maximum Gasteiger partial charge on any atom is 0.293 e. The molecule has 0 saturated carbocycles. The van der Waals surface area contributed by atoms with E-state index in [1.807, 2.05) is 0 Å². The second-order valence-electron chi connectivity index (χ2n) is 6.89. The maximum absolute atomic E-state index is 14.0. The summed E-state index contributed by atoms with van der Waals surface area (Å²) in [5.41, 5.74) is 1.52. The third-order valence-electron chi connectivity index (χ3n) is 4.78. The van der Waals surface area contributed by atoms with Crippen molar-refractivity contribution in [2.75, 3.05) is 24.3 Å². The molecule has 0 radical (unpaired) electrons. The van der Waals surface area contributed by atoms with Crippen LogP contribution in [0.15, 0.2) is 71.1 Å². The first-order valence-electron chi connectivity index (χ1n) is 9.65. The molecule has 0 atom stereocenters. The predicted molar refractivity (Wildman–Crippen MR) is 121 cm³/mol. The van der Waals surface area contributed by atoms with Gasteiger partial charge in [-0.25, -0.2) is 4.39 Å². The summed E-state index contributed by atoms with van der Waals surface area (Å²) in [6.07, 6.45) is 0. The van der Waals surface area contributed by atoms with Crippen LogP contribution in [0.2, 0.25) is 5.02 Å². The van der Waals surface area contributed by atoms with E-state index in [1.165, 1.54) is 19.2 Å². The van der Waals surface area contributed by atoms with Gasteiger partial charge < -0.3 is 19.8 Å². The summed E-state index contributed by atoms with van der Waals surface area (Å²) in [6.45, 7) is -0.174. The fraction of sp³-hybridized carbons (Fsp3) is 0.0833. The summed E-state index contributed by atoms with van der Waals surface area (Å²) >= 11 is 5.98.